The Morgan fingerprint density at radius 1 is 1.18 bits per heavy atom. The number of hydrogen-bond donors (Lipinski definition) is 1. The van der Waals surface area contributed by atoms with Crippen molar-refractivity contribution in [1.82, 2.24) is 4.90 Å². The van der Waals surface area contributed by atoms with Gasteiger partial charge in [-0.05, 0) is 49.4 Å². The van der Waals surface area contributed by atoms with Crippen LogP contribution in [0.2, 0.25) is 0 Å². The van der Waals surface area contributed by atoms with Crippen molar-refractivity contribution in [3.8, 4) is 0 Å². The summed E-state index contributed by atoms with van der Waals surface area (Å²) in [7, 11) is 0. The second kappa shape index (κ2) is 4.43. The van der Waals surface area contributed by atoms with Crippen molar-refractivity contribution in [2.75, 3.05) is 13.1 Å². The summed E-state index contributed by atoms with van der Waals surface area (Å²) in [5, 5.41) is 0. The van der Waals surface area contributed by atoms with E-state index in [-0.39, 0.29) is 6.04 Å². The Balaban J connectivity index is 1.75. The van der Waals surface area contributed by atoms with Gasteiger partial charge in [0.05, 0.1) is 0 Å². The third-order valence-electron chi connectivity index (χ3n) is 4.55. The van der Waals surface area contributed by atoms with Gasteiger partial charge in [-0.15, -0.1) is 0 Å². The minimum Gasteiger partial charge on any atom is -0.323 e. The number of piperidine rings is 1. The van der Waals surface area contributed by atoms with E-state index in [9.17, 15) is 0 Å². The molecule has 2 nitrogen and oxygen atoms in total. The molecule has 2 heteroatoms. The van der Waals surface area contributed by atoms with Gasteiger partial charge in [-0.3, -0.25) is 4.90 Å². The average molecular weight is 230 g/mol. The first kappa shape index (κ1) is 11.2. The highest BCUT2D eigenvalue weighted by Crippen LogP contribution is 2.34. The molecular formula is C15H22N2. The second-order valence-electron chi connectivity index (χ2n) is 5.71. The lowest BCUT2D eigenvalue weighted by Gasteiger charge is -2.36. The van der Waals surface area contributed by atoms with Crippen LogP contribution in [0.4, 0.5) is 0 Å². The fourth-order valence-electron chi connectivity index (χ4n) is 3.32. The number of hydrogen-bond acceptors (Lipinski definition) is 2. The first-order chi connectivity index (χ1) is 8.25. The molecule has 2 aliphatic rings. The quantitative estimate of drug-likeness (QED) is 0.802. The lowest BCUT2D eigenvalue weighted by molar-refractivity contribution is 0.127. The van der Waals surface area contributed by atoms with Gasteiger partial charge in [0.25, 0.3) is 0 Å². The predicted molar refractivity (Wildman–Crippen MR) is 70.8 cm³/mol. The van der Waals surface area contributed by atoms with Crippen molar-refractivity contribution >= 4 is 0 Å². The molecule has 1 aliphatic heterocycles. The maximum absolute atomic E-state index is 6.41. The molecule has 0 radical (unpaired) electrons. The van der Waals surface area contributed by atoms with Crippen LogP contribution in [0.1, 0.15) is 36.9 Å². The summed E-state index contributed by atoms with van der Waals surface area (Å²) < 4.78 is 0. The highest BCUT2D eigenvalue weighted by Gasteiger charge is 2.34. The summed E-state index contributed by atoms with van der Waals surface area (Å²) in [6.45, 7) is 4.82. The molecule has 2 atom stereocenters. The summed E-state index contributed by atoms with van der Waals surface area (Å²) in [5.74, 6) is 0.895. The lowest BCUT2D eigenvalue weighted by atomic mass is 9.96. The van der Waals surface area contributed by atoms with Gasteiger partial charge in [-0.25, -0.2) is 0 Å². The predicted octanol–water partition coefficient (Wildman–Crippen LogP) is 2.34. The standard InChI is InChI=1S/C15H22N2/c1-11-6-8-17(9-7-11)14-10-12-4-2-3-5-13(12)15(14)16/h2-5,11,14-15H,6-10,16H2,1H3. The van der Waals surface area contributed by atoms with Crippen molar-refractivity contribution in [2.24, 2.45) is 11.7 Å². The van der Waals surface area contributed by atoms with Crippen LogP contribution >= 0.6 is 0 Å². The van der Waals surface area contributed by atoms with E-state index in [1.54, 1.807) is 0 Å². The van der Waals surface area contributed by atoms with Crippen molar-refractivity contribution in [3.63, 3.8) is 0 Å². The highest BCUT2D eigenvalue weighted by molar-refractivity contribution is 5.36. The Kier molecular flexibility index (Phi) is 2.93. The Hall–Kier alpha value is -0.860. The summed E-state index contributed by atoms with van der Waals surface area (Å²) in [6, 6.07) is 9.44. The first-order valence-corrected chi connectivity index (χ1v) is 6.83. The van der Waals surface area contributed by atoms with Gasteiger partial charge in [-0.2, -0.15) is 0 Å². The van der Waals surface area contributed by atoms with Gasteiger partial charge >= 0.3 is 0 Å². The van der Waals surface area contributed by atoms with Gasteiger partial charge in [0.2, 0.25) is 0 Å². The van der Waals surface area contributed by atoms with Crippen LogP contribution in [0.3, 0.4) is 0 Å². The minimum absolute atomic E-state index is 0.222. The van der Waals surface area contributed by atoms with Crippen LogP contribution in [-0.4, -0.2) is 24.0 Å². The molecule has 0 bridgehead atoms. The molecule has 0 spiro atoms. The smallest absolute Gasteiger partial charge is 0.0459 e. The van der Waals surface area contributed by atoms with Gasteiger partial charge in [0.1, 0.15) is 0 Å². The Morgan fingerprint density at radius 2 is 1.88 bits per heavy atom. The normalized spacial score (nSPS) is 30.5. The largest absolute Gasteiger partial charge is 0.323 e. The van der Waals surface area contributed by atoms with E-state index in [1.807, 2.05) is 0 Å². The molecule has 1 aliphatic carbocycles. The molecular weight excluding hydrogens is 208 g/mol. The van der Waals surface area contributed by atoms with Crippen LogP contribution in [0, 0.1) is 5.92 Å². The maximum Gasteiger partial charge on any atom is 0.0459 e. The average Bonchev–Trinajstić information content (AvgIpc) is 2.69. The van der Waals surface area contributed by atoms with Crippen LogP contribution < -0.4 is 5.73 Å². The van der Waals surface area contributed by atoms with Crippen molar-refractivity contribution in [3.05, 3.63) is 35.4 Å². The van der Waals surface area contributed by atoms with E-state index in [0.717, 1.165) is 12.3 Å². The van der Waals surface area contributed by atoms with Crippen LogP contribution in [0.25, 0.3) is 0 Å². The molecule has 0 amide bonds. The summed E-state index contributed by atoms with van der Waals surface area (Å²) >= 11 is 0. The van der Waals surface area contributed by atoms with E-state index in [1.165, 1.54) is 37.1 Å². The summed E-state index contributed by atoms with van der Waals surface area (Å²) in [4.78, 5) is 2.62. The van der Waals surface area contributed by atoms with Crippen LogP contribution in [0.15, 0.2) is 24.3 Å². The minimum atomic E-state index is 0.222. The number of likely N-dealkylation sites (tertiary alicyclic amines) is 1. The Morgan fingerprint density at radius 3 is 2.59 bits per heavy atom. The monoisotopic (exact) mass is 230 g/mol. The molecule has 3 rings (SSSR count). The third kappa shape index (κ3) is 2.00. The Labute approximate surface area is 104 Å². The van der Waals surface area contributed by atoms with Crippen molar-refractivity contribution in [1.29, 1.82) is 0 Å². The number of rotatable bonds is 1. The van der Waals surface area contributed by atoms with Crippen LogP contribution in [-0.2, 0) is 6.42 Å². The van der Waals surface area contributed by atoms with E-state index in [2.05, 4.69) is 36.1 Å². The molecule has 1 saturated heterocycles. The second-order valence-corrected chi connectivity index (χ2v) is 5.71. The molecule has 1 heterocycles. The molecule has 2 N–H and O–H groups in total. The van der Waals surface area contributed by atoms with E-state index >= 15 is 0 Å². The zero-order chi connectivity index (χ0) is 11.8. The number of benzene rings is 1. The fourth-order valence-corrected chi connectivity index (χ4v) is 3.32. The van der Waals surface area contributed by atoms with Gasteiger partial charge in [0, 0.05) is 12.1 Å². The Bertz CT molecular complexity index is 394. The van der Waals surface area contributed by atoms with Gasteiger partial charge in [-0.1, -0.05) is 31.2 Å². The number of nitrogens with two attached hydrogens (primary N) is 1. The molecule has 0 saturated carbocycles. The fraction of sp³-hybridized carbons (Fsp3) is 0.600. The molecule has 1 aromatic carbocycles. The molecule has 0 aromatic heterocycles. The van der Waals surface area contributed by atoms with E-state index in [0.29, 0.717) is 6.04 Å². The van der Waals surface area contributed by atoms with Gasteiger partial charge in [0.15, 0.2) is 0 Å². The molecule has 1 fully saturated rings. The molecule has 92 valence electrons. The molecule has 2 unspecified atom stereocenters. The van der Waals surface area contributed by atoms with Crippen molar-refractivity contribution in [2.45, 2.75) is 38.3 Å². The van der Waals surface area contributed by atoms with E-state index < -0.39 is 0 Å². The highest BCUT2D eigenvalue weighted by atomic mass is 15.2. The molecule has 17 heavy (non-hydrogen) atoms. The molecule has 1 aromatic rings. The first-order valence-electron chi connectivity index (χ1n) is 6.83. The number of nitrogens with zero attached hydrogens (tertiary/aromatic N) is 1. The van der Waals surface area contributed by atoms with Gasteiger partial charge < -0.3 is 5.73 Å². The zero-order valence-electron chi connectivity index (χ0n) is 10.6. The summed E-state index contributed by atoms with van der Waals surface area (Å²) in [6.07, 6.45) is 3.81. The zero-order valence-corrected chi connectivity index (χ0v) is 10.6. The summed E-state index contributed by atoms with van der Waals surface area (Å²) in [5.41, 5.74) is 9.25. The third-order valence-corrected chi connectivity index (χ3v) is 4.55. The maximum atomic E-state index is 6.41. The SMILES string of the molecule is CC1CCN(C2Cc3ccccc3C2N)CC1. The lowest BCUT2D eigenvalue weighted by Crippen LogP contribution is -2.45. The topological polar surface area (TPSA) is 29.3 Å². The van der Waals surface area contributed by atoms with Crippen molar-refractivity contribution < 1.29 is 0 Å². The number of fused-ring (bicyclic) bond motifs is 1. The van der Waals surface area contributed by atoms with E-state index in [4.69, 9.17) is 5.73 Å². The van der Waals surface area contributed by atoms with Crippen LogP contribution in [0.5, 0.6) is 0 Å².